The summed E-state index contributed by atoms with van der Waals surface area (Å²) in [6.45, 7) is 5.21. The van der Waals surface area contributed by atoms with Gasteiger partial charge in [-0.15, -0.1) is 0 Å². The van der Waals surface area contributed by atoms with E-state index in [-0.39, 0.29) is 29.9 Å². The van der Waals surface area contributed by atoms with Gasteiger partial charge in [-0.1, -0.05) is 35.9 Å². The number of hydrogen-bond donors (Lipinski definition) is 0. The number of hydrogen-bond acceptors (Lipinski definition) is 6. The third-order valence-electron chi connectivity index (χ3n) is 7.59. The zero-order valence-electron chi connectivity index (χ0n) is 22.6. The summed E-state index contributed by atoms with van der Waals surface area (Å²) in [5, 5.41) is 0. The van der Waals surface area contributed by atoms with Crippen molar-refractivity contribution in [1.82, 2.24) is 14.2 Å². The fourth-order valence-electron chi connectivity index (χ4n) is 5.54. The van der Waals surface area contributed by atoms with Gasteiger partial charge in [0.15, 0.2) is 0 Å². The van der Waals surface area contributed by atoms with Crippen molar-refractivity contribution in [3.8, 4) is 5.75 Å². The van der Waals surface area contributed by atoms with E-state index in [1.54, 1.807) is 46.9 Å². The smallest absolute Gasteiger partial charge is 0.254 e. The van der Waals surface area contributed by atoms with Gasteiger partial charge >= 0.3 is 0 Å². The van der Waals surface area contributed by atoms with Crippen molar-refractivity contribution in [2.45, 2.75) is 50.7 Å². The normalized spacial score (nSPS) is 21.8. The van der Waals surface area contributed by atoms with Crippen molar-refractivity contribution >= 4 is 15.9 Å². The van der Waals surface area contributed by atoms with Crippen LogP contribution in [-0.4, -0.2) is 67.5 Å². The third-order valence-corrected chi connectivity index (χ3v) is 9.44. The molecule has 0 saturated carbocycles. The molecule has 2 aromatic carbocycles. The molecule has 9 heteroatoms. The predicted molar refractivity (Wildman–Crippen MR) is 149 cm³/mol. The topological polar surface area (TPSA) is 89.0 Å². The second kappa shape index (κ2) is 11.5. The Morgan fingerprint density at radius 2 is 1.87 bits per heavy atom. The number of aromatic nitrogens is 1. The molecular weight excluding hydrogens is 514 g/mol. The lowest BCUT2D eigenvalue weighted by Crippen LogP contribution is -2.32. The molecule has 2 fully saturated rings. The van der Waals surface area contributed by atoms with E-state index in [1.807, 2.05) is 50.2 Å². The van der Waals surface area contributed by atoms with Crippen LogP contribution in [0.15, 0.2) is 67.0 Å². The average molecular weight is 550 g/mol. The van der Waals surface area contributed by atoms with Gasteiger partial charge in [0.1, 0.15) is 18.0 Å². The quantitative estimate of drug-likeness (QED) is 0.417. The Morgan fingerprint density at radius 1 is 1.05 bits per heavy atom. The van der Waals surface area contributed by atoms with E-state index in [0.29, 0.717) is 36.5 Å². The number of nitrogens with zero attached hydrogens (tertiary/aromatic N) is 3. The molecule has 3 heterocycles. The molecule has 5 rings (SSSR count). The Balaban J connectivity index is 1.28. The first-order chi connectivity index (χ1) is 18.7. The number of benzene rings is 2. The van der Waals surface area contributed by atoms with Gasteiger partial charge in [0.2, 0.25) is 10.0 Å². The predicted octanol–water partition coefficient (Wildman–Crippen LogP) is 4.28. The van der Waals surface area contributed by atoms with Gasteiger partial charge in [-0.25, -0.2) is 8.42 Å². The molecule has 2 aliphatic heterocycles. The standard InChI is InChI=1S/C30H35N3O5S/c1-21-11-12-22(2)26(15-21)30(34)32-18-28(37-3)29(19-32)38-25-9-4-7-23(16-25)20-39(35,36)33-14-6-10-27(33)24-8-5-13-31-17-24/h4-5,7-9,11-13,15-17,27-29H,6,10,14,18-20H2,1-3H3/t27?,28-,29-/m1/s1. The Morgan fingerprint density at radius 3 is 2.64 bits per heavy atom. The first-order valence-electron chi connectivity index (χ1n) is 13.3. The number of pyridine rings is 1. The Kier molecular flexibility index (Phi) is 8.02. The van der Waals surface area contributed by atoms with E-state index in [4.69, 9.17) is 9.47 Å². The Bertz CT molecular complexity index is 1430. The molecule has 1 unspecified atom stereocenters. The Hall–Kier alpha value is -3.27. The molecule has 2 saturated heterocycles. The summed E-state index contributed by atoms with van der Waals surface area (Å²) in [6.07, 6.45) is 4.38. The minimum atomic E-state index is -3.56. The van der Waals surface area contributed by atoms with E-state index in [2.05, 4.69) is 4.98 Å². The number of aryl methyl sites for hydroxylation is 2. The number of likely N-dealkylation sites (tertiary alicyclic amines) is 1. The molecule has 0 aliphatic carbocycles. The minimum Gasteiger partial charge on any atom is -0.486 e. The third kappa shape index (κ3) is 6.00. The lowest BCUT2D eigenvalue weighted by molar-refractivity contribution is 0.0339. The molecule has 0 radical (unpaired) electrons. The van der Waals surface area contributed by atoms with E-state index in [0.717, 1.165) is 29.5 Å². The molecule has 1 amide bonds. The maximum Gasteiger partial charge on any atom is 0.254 e. The number of amides is 1. The van der Waals surface area contributed by atoms with E-state index in [9.17, 15) is 13.2 Å². The van der Waals surface area contributed by atoms with Gasteiger partial charge in [0, 0.05) is 31.6 Å². The van der Waals surface area contributed by atoms with Gasteiger partial charge in [-0.3, -0.25) is 9.78 Å². The van der Waals surface area contributed by atoms with Crippen LogP contribution in [0.5, 0.6) is 5.75 Å². The number of sulfonamides is 1. The van der Waals surface area contributed by atoms with E-state index in [1.165, 1.54) is 0 Å². The first kappa shape index (κ1) is 27.3. The summed E-state index contributed by atoms with van der Waals surface area (Å²) in [5.41, 5.74) is 4.22. The monoisotopic (exact) mass is 549 g/mol. The van der Waals surface area contributed by atoms with Crippen molar-refractivity contribution in [1.29, 1.82) is 0 Å². The molecule has 8 nitrogen and oxygen atoms in total. The molecule has 39 heavy (non-hydrogen) atoms. The Labute approximate surface area is 230 Å². The highest BCUT2D eigenvalue weighted by atomic mass is 32.2. The van der Waals surface area contributed by atoms with Gasteiger partial charge in [0.05, 0.1) is 24.9 Å². The van der Waals surface area contributed by atoms with Crippen LogP contribution in [0.2, 0.25) is 0 Å². The highest BCUT2D eigenvalue weighted by molar-refractivity contribution is 7.88. The summed E-state index contributed by atoms with van der Waals surface area (Å²) >= 11 is 0. The van der Waals surface area contributed by atoms with Crippen LogP contribution in [0, 0.1) is 13.8 Å². The van der Waals surface area contributed by atoms with Crippen molar-refractivity contribution in [2.24, 2.45) is 0 Å². The van der Waals surface area contributed by atoms with Gasteiger partial charge in [-0.2, -0.15) is 4.31 Å². The van der Waals surface area contributed by atoms with Crippen molar-refractivity contribution in [3.63, 3.8) is 0 Å². The molecule has 206 valence electrons. The molecule has 3 aromatic rings. The number of methoxy groups -OCH3 is 1. The maximum absolute atomic E-state index is 13.4. The largest absolute Gasteiger partial charge is 0.486 e. The number of ether oxygens (including phenoxy) is 2. The average Bonchev–Trinajstić information content (AvgIpc) is 3.58. The second-order valence-electron chi connectivity index (χ2n) is 10.4. The molecule has 0 bridgehead atoms. The second-order valence-corrected chi connectivity index (χ2v) is 12.3. The zero-order valence-corrected chi connectivity index (χ0v) is 23.4. The van der Waals surface area contributed by atoms with Crippen LogP contribution in [0.4, 0.5) is 0 Å². The van der Waals surface area contributed by atoms with Gasteiger partial charge < -0.3 is 14.4 Å². The fraction of sp³-hybridized carbons (Fsp3) is 0.400. The van der Waals surface area contributed by atoms with Crippen LogP contribution >= 0.6 is 0 Å². The summed E-state index contributed by atoms with van der Waals surface area (Å²) < 4.78 is 40.4. The SMILES string of the molecule is CO[C@@H]1CN(C(=O)c2cc(C)ccc2C)C[C@H]1Oc1cccc(CS(=O)(=O)N2CCCC2c2cccnc2)c1. The summed E-state index contributed by atoms with van der Waals surface area (Å²) in [7, 11) is -1.94. The van der Waals surface area contributed by atoms with Crippen LogP contribution < -0.4 is 4.74 Å². The number of carbonyl (C=O) groups excluding carboxylic acids is 1. The molecule has 2 aliphatic rings. The summed E-state index contributed by atoms with van der Waals surface area (Å²) in [4.78, 5) is 19.2. The minimum absolute atomic E-state index is 0.0435. The van der Waals surface area contributed by atoms with Crippen molar-refractivity contribution in [3.05, 3.63) is 94.8 Å². The van der Waals surface area contributed by atoms with Crippen LogP contribution in [0.1, 0.15) is 51.5 Å². The molecule has 0 spiro atoms. The lowest BCUT2D eigenvalue weighted by Gasteiger charge is -2.24. The lowest BCUT2D eigenvalue weighted by atomic mass is 10.0. The van der Waals surface area contributed by atoms with Crippen molar-refractivity contribution in [2.75, 3.05) is 26.7 Å². The number of carbonyl (C=O) groups is 1. The van der Waals surface area contributed by atoms with E-state index >= 15 is 0 Å². The zero-order chi connectivity index (χ0) is 27.6. The van der Waals surface area contributed by atoms with Gasteiger partial charge in [-0.05, 0) is 67.6 Å². The van der Waals surface area contributed by atoms with Crippen molar-refractivity contribution < 1.29 is 22.7 Å². The van der Waals surface area contributed by atoms with Crippen LogP contribution in [-0.2, 0) is 20.5 Å². The highest BCUT2D eigenvalue weighted by Gasteiger charge is 2.38. The highest BCUT2D eigenvalue weighted by Crippen LogP contribution is 2.35. The van der Waals surface area contributed by atoms with Crippen LogP contribution in [0.3, 0.4) is 0 Å². The molecule has 3 atom stereocenters. The first-order valence-corrected chi connectivity index (χ1v) is 14.9. The van der Waals surface area contributed by atoms with Crippen LogP contribution in [0.25, 0.3) is 0 Å². The molecule has 1 aromatic heterocycles. The molecular formula is C30H35N3O5S. The fourth-order valence-corrected chi connectivity index (χ4v) is 7.33. The van der Waals surface area contributed by atoms with Gasteiger partial charge in [0.25, 0.3) is 5.91 Å². The summed E-state index contributed by atoms with van der Waals surface area (Å²) in [6, 6.07) is 16.6. The summed E-state index contributed by atoms with van der Waals surface area (Å²) in [5.74, 6) is 0.398. The molecule has 0 N–H and O–H groups in total. The number of rotatable bonds is 8. The maximum atomic E-state index is 13.4. The van der Waals surface area contributed by atoms with E-state index < -0.39 is 10.0 Å².